The zero-order chi connectivity index (χ0) is 7.28. The third-order valence-corrected chi connectivity index (χ3v) is 2.64. The second-order valence-electron chi connectivity index (χ2n) is 3.70. The third-order valence-electron chi connectivity index (χ3n) is 2.64. The molecule has 1 atom stereocenters. The number of hydrogen-bond acceptors (Lipinski definition) is 1. The first kappa shape index (κ1) is 6.59. The number of rotatable bonds is 1. The largest absolute Gasteiger partial charge is 0.481 e. The Kier molecular flexibility index (Phi) is 0.956. The van der Waals surface area contributed by atoms with E-state index in [4.69, 9.17) is 5.11 Å². The van der Waals surface area contributed by atoms with E-state index in [0.29, 0.717) is 0 Å². The van der Waals surface area contributed by atoms with Crippen LogP contribution in [0.25, 0.3) is 0 Å². The Bertz CT molecular complexity index is 160. The summed E-state index contributed by atoms with van der Waals surface area (Å²) in [6.07, 6.45) is 0.815. The molecule has 0 aliphatic heterocycles. The molecule has 0 bridgehead atoms. The smallest absolute Gasteiger partial charge is 0.309 e. The predicted molar refractivity (Wildman–Crippen MR) is 34.1 cm³/mol. The molecule has 0 unspecified atom stereocenters. The van der Waals surface area contributed by atoms with Crippen LogP contribution in [0, 0.1) is 10.8 Å². The molecule has 0 saturated heterocycles. The SMILES string of the molecule is CC1(C)C[C@]1(C)C(=O)O. The molecule has 0 aromatic carbocycles. The van der Waals surface area contributed by atoms with Crippen LogP contribution in [0.1, 0.15) is 27.2 Å². The summed E-state index contributed by atoms with van der Waals surface area (Å²) in [6.45, 7) is 5.78. The minimum atomic E-state index is -0.660. The van der Waals surface area contributed by atoms with Crippen molar-refractivity contribution >= 4 is 5.97 Å². The fraction of sp³-hybridized carbons (Fsp3) is 0.857. The van der Waals surface area contributed by atoms with E-state index in [2.05, 4.69) is 0 Å². The second-order valence-corrected chi connectivity index (χ2v) is 3.70. The third kappa shape index (κ3) is 0.655. The highest BCUT2D eigenvalue weighted by atomic mass is 16.4. The zero-order valence-corrected chi connectivity index (χ0v) is 6.06. The standard InChI is InChI=1S/C7H12O2/c1-6(2)4-7(6,3)5(8)9/h4H2,1-3H3,(H,8,9)/t7-/m1/s1. The Morgan fingerprint density at radius 1 is 1.44 bits per heavy atom. The van der Waals surface area contributed by atoms with E-state index in [1.54, 1.807) is 6.92 Å². The van der Waals surface area contributed by atoms with Crippen molar-refractivity contribution in [3.63, 3.8) is 0 Å². The van der Waals surface area contributed by atoms with Gasteiger partial charge in [0.1, 0.15) is 0 Å². The van der Waals surface area contributed by atoms with Crippen LogP contribution < -0.4 is 0 Å². The monoisotopic (exact) mass is 128 g/mol. The van der Waals surface area contributed by atoms with Crippen LogP contribution in [-0.2, 0) is 4.79 Å². The van der Waals surface area contributed by atoms with E-state index in [-0.39, 0.29) is 5.41 Å². The Balaban J connectivity index is 2.74. The minimum absolute atomic E-state index is 0.0266. The summed E-state index contributed by atoms with van der Waals surface area (Å²) in [5.41, 5.74) is -0.411. The Hall–Kier alpha value is -0.530. The molecule has 1 aliphatic rings. The molecule has 2 nitrogen and oxygen atoms in total. The lowest BCUT2D eigenvalue weighted by Gasteiger charge is -2.06. The second kappa shape index (κ2) is 1.31. The summed E-state index contributed by atoms with van der Waals surface area (Å²) < 4.78 is 0. The molecular formula is C7H12O2. The molecular weight excluding hydrogens is 116 g/mol. The number of aliphatic carboxylic acids is 1. The maximum atomic E-state index is 10.5. The first-order valence-electron chi connectivity index (χ1n) is 3.13. The molecule has 1 N–H and O–H groups in total. The Morgan fingerprint density at radius 3 is 1.78 bits per heavy atom. The molecule has 1 fully saturated rings. The maximum Gasteiger partial charge on any atom is 0.309 e. The average molecular weight is 128 g/mol. The van der Waals surface area contributed by atoms with Crippen LogP contribution in [0.4, 0.5) is 0 Å². The lowest BCUT2D eigenvalue weighted by atomic mass is 9.99. The molecule has 9 heavy (non-hydrogen) atoms. The molecule has 1 saturated carbocycles. The van der Waals surface area contributed by atoms with Gasteiger partial charge in [-0.2, -0.15) is 0 Å². The van der Waals surface area contributed by atoms with Crippen molar-refractivity contribution in [2.75, 3.05) is 0 Å². The summed E-state index contributed by atoms with van der Waals surface area (Å²) >= 11 is 0. The van der Waals surface area contributed by atoms with Gasteiger partial charge in [0.25, 0.3) is 0 Å². The summed E-state index contributed by atoms with van der Waals surface area (Å²) in [5.74, 6) is -0.660. The molecule has 0 spiro atoms. The van der Waals surface area contributed by atoms with Crippen molar-refractivity contribution in [2.24, 2.45) is 10.8 Å². The van der Waals surface area contributed by atoms with Gasteiger partial charge in [-0.1, -0.05) is 13.8 Å². The highest BCUT2D eigenvalue weighted by Crippen LogP contribution is 2.63. The van der Waals surface area contributed by atoms with E-state index < -0.39 is 11.4 Å². The van der Waals surface area contributed by atoms with Crippen LogP contribution in [0.3, 0.4) is 0 Å². The molecule has 0 heterocycles. The molecule has 0 radical (unpaired) electrons. The summed E-state index contributed by atoms with van der Waals surface area (Å²) in [5, 5.41) is 8.65. The van der Waals surface area contributed by atoms with Crippen LogP contribution in [0.2, 0.25) is 0 Å². The van der Waals surface area contributed by atoms with Crippen LogP contribution >= 0.6 is 0 Å². The molecule has 1 rings (SSSR count). The number of hydrogen-bond donors (Lipinski definition) is 1. The normalized spacial score (nSPS) is 38.1. The van der Waals surface area contributed by atoms with Crippen molar-refractivity contribution < 1.29 is 9.90 Å². The molecule has 0 aromatic heterocycles. The Morgan fingerprint density at radius 2 is 1.78 bits per heavy atom. The fourth-order valence-corrected chi connectivity index (χ4v) is 1.20. The quantitative estimate of drug-likeness (QED) is 0.581. The highest BCUT2D eigenvalue weighted by molar-refractivity contribution is 5.79. The number of carbonyl (C=O) groups is 1. The maximum absolute atomic E-state index is 10.5. The first-order valence-corrected chi connectivity index (χ1v) is 3.13. The van der Waals surface area contributed by atoms with E-state index in [1.165, 1.54) is 0 Å². The van der Waals surface area contributed by atoms with Gasteiger partial charge in [-0.15, -0.1) is 0 Å². The van der Waals surface area contributed by atoms with Crippen LogP contribution in [0.5, 0.6) is 0 Å². The van der Waals surface area contributed by atoms with Gasteiger partial charge in [-0.3, -0.25) is 4.79 Å². The van der Waals surface area contributed by atoms with E-state index in [9.17, 15) is 4.79 Å². The molecule has 0 aromatic rings. The lowest BCUT2D eigenvalue weighted by molar-refractivity contribution is -0.143. The van der Waals surface area contributed by atoms with Crippen molar-refractivity contribution in [3.8, 4) is 0 Å². The summed E-state index contributed by atoms with van der Waals surface area (Å²) in [7, 11) is 0. The first-order chi connectivity index (χ1) is 3.90. The van der Waals surface area contributed by atoms with Gasteiger partial charge in [0.2, 0.25) is 0 Å². The number of carboxylic acids is 1. The van der Waals surface area contributed by atoms with E-state index in [1.807, 2.05) is 13.8 Å². The lowest BCUT2D eigenvalue weighted by Crippen LogP contribution is -2.16. The van der Waals surface area contributed by atoms with Crippen LogP contribution in [-0.4, -0.2) is 11.1 Å². The van der Waals surface area contributed by atoms with Crippen LogP contribution in [0.15, 0.2) is 0 Å². The highest BCUT2D eigenvalue weighted by Gasteiger charge is 2.63. The van der Waals surface area contributed by atoms with E-state index in [0.717, 1.165) is 6.42 Å². The van der Waals surface area contributed by atoms with Gasteiger partial charge in [-0.05, 0) is 18.8 Å². The molecule has 1 aliphatic carbocycles. The van der Waals surface area contributed by atoms with E-state index >= 15 is 0 Å². The fourth-order valence-electron chi connectivity index (χ4n) is 1.20. The van der Waals surface area contributed by atoms with Gasteiger partial charge in [0.15, 0.2) is 0 Å². The molecule has 2 heteroatoms. The van der Waals surface area contributed by atoms with Gasteiger partial charge in [-0.25, -0.2) is 0 Å². The molecule has 52 valence electrons. The van der Waals surface area contributed by atoms with Crippen molar-refractivity contribution in [2.45, 2.75) is 27.2 Å². The predicted octanol–water partition coefficient (Wildman–Crippen LogP) is 1.51. The number of carboxylic acid groups (broad SMARTS) is 1. The van der Waals surface area contributed by atoms with Crippen molar-refractivity contribution in [1.29, 1.82) is 0 Å². The summed E-state index contributed by atoms with van der Waals surface area (Å²) in [6, 6.07) is 0. The summed E-state index contributed by atoms with van der Waals surface area (Å²) in [4.78, 5) is 10.5. The van der Waals surface area contributed by atoms with Gasteiger partial charge in [0.05, 0.1) is 5.41 Å². The molecule has 0 amide bonds. The van der Waals surface area contributed by atoms with Crippen molar-refractivity contribution in [3.05, 3.63) is 0 Å². The zero-order valence-electron chi connectivity index (χ0n) is 6.06. The minimum Gasteiger partial charge on any atom is -0.481 e. The topological polar surface area (TPSA) is 37.3 Å². The van der Waals surface area contributed by atoms with Gasteiger partial charge < -0.3 is 5.11 Å². The van der Waals surface area contributed by atoms with Gasteiger partial charge in [0, 0.05) is 0 Å². The average Bonchev–Trinajstić information content (AvgIpc) is 2.08. The van der Waals surface area contributed by atoms with Crippen molar-refractivity contribution in [1.82, 2.24) is 0 Å². The van der Waals surface area contributed by atoms with Gasteiger partial charge >= 0.3 is 5.97 Å². The Labute approximate surface area is 54.9 Å².